The van der Waals surface area contributed by atoms with Gasteiger partial charge in [0.1, 0.15) is 0 Å². The summed E-state index contributed by atoms with van der Waals surface area (Å²) in [4.78, 5) is 11.6. The summed E-state index contributed by atoms with van der Waals surface area (Å²) in [5.74, 6) is 0.669. The number of fused-ring (bicyclic) bond motifs is 3. The van der Waals surface area contributed by atoms with Crippen molar-refractivity contribution in [2.24, 2.45) is 5.92 Å². The summed E-state index contributed by atoms with van der Waals surface area (Å²) in [7, 11) is 0. The molecule has 3 aliphatic rings. The third-order valence-electron chi connectivity index (χ3n) is 4.59. The van der Waals surface area contributed by atoms with Crippen LogP contribution in [-0.2, 0) is 11.3 Å². The Morgan fingerprint density at radius 1 is 1.37 bits per heavy atom. The SMILES string of the molecule is O=C1NCc2ccc(NCC3CC4CCC3O4)cc21. The van der Waals surface area contributed by atoms with E-state index >= 15 is 0 Å². The molecule has 0 radical (unpaired) electrons. The molecule has 1 aromatic carbocycles. The Hall–Kier alpha value is -1.55. The number of carbonyl (C=O) groups is 1. The second-order valence-electron chi connectivity index (χ2n) is 5.81. The van der Waals surface area contributed by atoms with Crippen molar-refractivity contribution in [1.29, 1.82) is 0 Å². The number of amides is 1. The van der Waals surface area contributed by atoms with Gasteiger partial charge in [0.25, 0.3) is 5.91 Å². The van der Waals surface area contributed by atoms with E-state index in [0.29, 0.717) is 24.7 Å². The fourth-order valence-electron chi connectivity index (χ4n) is 3.53. The van der Waals surface area contributed by atoms with Crippen molar-refractivity contribution >= 4 is 11.6 Å². The first-order chi connectivity index (χ1) is 9.29. The summed E-state index contributed by atoms with van der Waals surface area (Å²) in [6.07, 6.45) is 4.59. The van der Waals surface area contributed by atoms with Crippen LogP contribution in [0.4, 0.5) is 5.69 Å². The Morgan fingerprint density at radius 2 is 2.32 bits per heavy atom. The Bertz CT molecular complexity index is 529. The fraction of sp³-hybridized carbons (Fsp3) is 0.533. The van der Waals surface area contributed by atoms with Gasteiger partial charge >= 0.3 is 0 Å². The molecule has 3 atom stereocenters. The van der Waals surface area contributed by atoms with Crippen LogP contribution in [0.5, 0.6) is 0 Å². The van der Waals surface area contributed by atoms with Gasteiger partial charge in [-0.25, -0.2) is 0 Å². The van der Waals surface area contributed by atoms with E-state index in [2.05, 4.69) is 16.7 Å². The molecular weight excluding hydrogens is 240 g/mol. The van der Waals surface area contributed by atoms with Gasteiger partial charge < -0.3 is 15.4 Å². The molecule has 3 aliphatic heterocycles. The van der Waals surface area contributed by atoms with Crippen molar-refractivity contribution in [3.8, 4) is 0 Å². The second-order valence-corrected chi connectivity index (χ2v) is 5.81. The maximum atomic E-state index is 11.6. The highest BCUT2D eigenvalue weighted by Gasteiger charge is 2.40. The van der Waals surface area contributed by atoms with Crippen LogP contribution in [0.3, 0.4) is 0 Å². The number of ether oxygens (including phenoxy) is 1. The minimum Gasteiger partial charge on any atom is -0.385 e. The van der Waals surface area contributed by atoms with Gasteiger partial charge in [-0.05, 0) is 37.0 Å². The maximum Gasteiger partial charge on any atom is 0.251 e. The molecule has 2 fully saturated rings. The van der Waals surface area contributed by atoms with Crippen LogP contribution in [0.2, 0.25) is 0 Å². The van der Waals surface area contributed by atoms with Gasteiger partial charge in [-0.3, -0.25) is 4.79 Å². The molecule has 1 aromatic rings. The Kier molecular flexibility index (Phi) is 2.52. The summed E-state index contributed by atoms with van der Waals surface area (Å²) in [6.45, 7) is 1.61. The Balaban J connectivity index is 1.43. The quantitative estimate of drug-likeness (QED) is 0.870. The van der Waals surface area contributed by atoms with Gasteiger partial charge in [-0.15, -0.1) is 0 Å². The number of carbonyl (C=O) groups excluding carboxylic acids is 1. The maximum absolute atomic E-state index is 11.6. The predicted molar refractivity (Wildman–Crippen MR) is 72.1 cm³/mol. The molecule has 100 valence electrons. The number of anilines is 1. The third kappa shape index (κ3) is 1.91. The lowest BCUT2D eigenvalue weighted by Crippen LogP contribution is -2.24. The van der Waals surface area contributed by atoms with E-state index in [4.69, 9.17) is 4.74 Å². The van der Waals surface area contributed by atoms with Gasteiger partial charge in [0.2, 0.25) is 0 Å². The lowest BCUT2D eigenvalue weighted by molar-refractivity contribution is 0.0941. The minimum atomic E-state index is 0.0434. The van der Waals surface area contributed by atoms with Crippen LogP contribution in [-0.4, -0.2) is 24.7 Å². The van der Waals surface area contributed by atoms with Gasteiger partial charge in [0, 0.05) is 30.3 Å². The van der Waals surface area contributed by atoms with E-state index in [9.17, 15) is 4.79 Å². The normalized spacial score (nSPS) is 31.4. The van der Waals surface area contributed by atoms with Crippen LogP contribution >= 0.6 is 0 Å². The number of hydrogen-bond acceptors (Lipinski definition) is 3. The lowest BCUT2D eigenvalue weighted by Gasteiger charge is -2.19. The molecule has 0 aromatic heterocycles. The summed E-state index contributed by atoms with van der Waals surface area (Å²) >= 11 is 0. The average molecular weight is 258 g/mol. The molecule has 0 spiro atoms. The first-order valence-corrected chi connectivity index (χ1v) is 7.10. The van der Waals surface area contributed by atoms with Crippen LogP contribution in [0.25, 0.3) is 0 Å². The fourth-order valence-corrected chi connectivity index (χ4v) is 3.53. The van der Waals surface area contributed by atoms with Crippen molar-refractivity contribution in [3.63, 3.8) is 0 Å². The first kappa shape index (κ1) is 11.3. The first-order valence-electron chi connectivity index (χ1n) is 7.10. The summed E-state index contributed by atoms with van der Waals surface area (Å²) in [5.41, 5.74) is 2.95. The van der Waals surface area contributed by atoms with E-state index in [1.807, 2.05) is 12.1 Å². The monoisotopic (exact) mass is 258 g/mol. The zero-order valence-corrected chi connectivity index (χ0v) is 10.8. The Labute approximate surface area is 112 Å². The predicted octanol–water partition coefficient (Wildman–Crippen LogP) is 1.91. The number of hydrogen-bond donors (Lipinski definition) is 2. The highest BCUT2D eigenvalue weighted by molar-refractivity contribution is 5.99. The molecule has 3 unspecified atom stereocenters. The van der Waals surface area contributed by atoms with Crippen LogP contribution in [0, 0.1) is 5.92 Å². The van der Waals surface area contributed by atoms with Crippen molar-refractivity contribution in [1.82, 2.24) is 5.32 Å². The molecule has 2 saturated heterocycles. The molecule has 19 heavy (non-hydrogen) atoms. The summed E-state index contributed by atoms with van der Waals surface area (Å²) in [5, 5.41) is 6.31. The van der Waals surface area contributed by atoms with E-state index in [-0.39, 0.29) is 5.91 Å². The number of benzene rings is 1. The molecule has 0 aliphatic carbocycles. The molecular formula is C15H18N2O2. The molecule has 4 nitrogen and oxygen atoms in total. The van der Waals surface area contributed by atoms with Crippen molar-refractivity contribution in [2.45, 2.75) is 38.0 Å². The lowest BCUT2D eigenvalue weighted by atomic mass is 9.89. The van der Waals surface area contributed by atoms with Crippen molar-refractivity contribution < 1.29 is 9.53 Å². The van der Waals surface area contributed by atoms with E-state index in [0.717, 1.165) is 23.4 Å². The zero-order valence-electron chi connectivity index (χ0n) is 10.8. The van der Waals surface area contributed by atoms with Gasteiger partial charge in [0.05, 0.1) is 12.2 Å². The molecule has 2 bridgehead atoms. The van der Waals surface area contributed by atoms with E-state index in [1.165, 1.54) is 19.3 Å². The average Bonchev–Trinajstić information content (AvgIpc) is 3.12. The molecule has 1 amide bonds. The largest absolute Gasteiger partial charge is 0.385 e. The summed E-state index contributed by atoms with van der Waals surface area (Å²) < 4.78 is 5.86. The second kappa shape index (κ2) is 4.23. The van der Waals surface area contributed by atoms with Gasteiger partial charge in [-0.2, -0.15) is 0 Å². The molecule has 3 heterocycles. The highest BCUT2D eigenvalue weighted by atomic mass is 16.5. The molecule has 2 N–H and O–H groups in total. The minimum absolute atomic E-state index is 0.0434. The Morgan fingerprint density at radius 3 is 3.11 bits per heavy atom. The van der Waals surface area contributed by atoms with E-state index in [1.54, 1.807) is 0 Å². The number of nitrogens with one attached hydrogen (secondary N) is 2. The third-order valence-corrected chi connectivity index (χ3v) is 4.59. The standard InChI is InChI=1S/C15H18N2O2/c18-15-13-6-11(2-1-9(13)7-17-15)16-8-10-5-12-3-4-14(10)19-12/h1-2,6,10,12,14,16H,3-5,7-8H2,(H,17,18). The smallest absolute Gasteiger partial charge is 0.251 e. The summed E-state index contributed by atoms with van der Waals surface area (Å²) in [6, 6.07) is 6.06. The van der Waals surface area contributed by atoms with Crippen LogP contribution < -0.4 is 10.6 Å². The van der Waals surface area contributed by atoms with Crippen LogP contribution in [0.15, 0.2) is 18.2 Å². The zero-order chi connectivity index (χ0) is 12.8. The molecule has 4 heteroatoms. The molecule has 0 saturated carbocycles. The molecule has 4 rings (SSSR count). The van der Waals surface area contributed by atoms with Gasteiger partial charge in [0.15, 0.2) is 0 Å². The van der Waals surface area contributed by atoms with Crippen molar-refractivity contribution in [2.75, 3.05) is 11.9 Å². The van der Waals surface area contributed by atoms with Crippen LogP contribution in [0.1, 0.15) is 35.2 Å². The highest BCUT2D eigenvalue weighted by Crippen LogP contribution is 2.38. The van der Waals surface area contributed by atoms with Gasteiger partial charge in [-0.1, -0.05) is 6.07 Å². The number of rotatable bonds is 3. The topological polar surface area (TPSA) is 50.4 Å². The van der Waals surface area contributed by atoms with E-state index < -0.39 is 0 Å². The van der Waals surface area contributed by atoms with Crippen molar-refractivity contribution in [3.05, 3.63) is 29.3 Å².